The van der Waals surface area contributed by atoms with Gasteiger partial charge in [-0.25, -0.2) is 9.97 Å². The van der Waals surface area contributed by atoms with Gasteiger partial charge in [-0.15, -0.1) is 0 Å². The largest absolute Gasteiger partial charge is 0.350 e. The molecule has 94 valence electrons. The van der Waals surface area contributed by atoms with Crippen molar-refractivity contribution < 1.29 is 0 Å². The first-order valence-electron chi connectivity index (χ1n) is 6.02. The van der Waals surface area contributed by atoms with Crippen LogP contribution in [0.3, 0.4) is 0 Å². The van der Waals surface area contributed by atoms with Gasteiger partial charge in [0.25, 0.3) is 0 Å². The zero-order valence-corrected chi connectivity index (χ0v) is 10.9. The van der Waals surface area contributed by atoms with Crippen LogP contribution in [0.5, 0.6) is 0 Å². The monoisotopic (exact) mass is 269 g/mol. The van der Waals surface area contributed by atoms with Crippen molar-refractivity contribution >= 4 is 28.5 Å². The van der Waals surface area contributed by atoms with E-state index in [4.69, 9.17) is 11.6 Å². The van der Waals surface area contributed by atoms with Crippen LogP contribution in [0.25, 0.3) is 10.9 Å². The molecule has 0 unspecified atom stereocenters. The van der Waals surface area contributed by atoms with Crippen molar-refractivity contribution in [3.05, 3.63) is 65.3 Å². The summed E-state index contributed by atoms with van der Waals surface area (Å²) in [6.07, 6.45) is 1.82. The molecule has 4 heteroatoms. The molecule has 3 nitrogen and oxygen atoms in total. The minimum Gasteiger partial charge on any atom is -0.350 e. The molecule has 0 aliphatic rings. The topological polar surface area (TPSA) is 37.8 Å². The smallest absolute Gasteiger partial charge is 0.223 e. The molecule has 0 spiro atoms. The minimum atomic E-state index is 0.609. The lowest BCUT2D eigenvalue weighted by atomic mass is 10.2. The molecule has 3 aromatic rings. The molecule has 3 rings (SSSR count). The Morgan fingerprint density at radius 3 is 2.68 bits per heavy atom. The number of fused-ring (bicyclic) bond motifs is 1. The Balaban J connectivity index is 1.80. The van der Waals surface area contributed by atoms with Gasteiger partial charge >= 0.3 is 0 Å². The van der Waals surface area contributed by atoms with Crippen LogP contribution in [0.15, 0.2) is 54.7 Å². The normalized spacial score (nSPS) is 10.6. The lowest BCUT2D eigenvalue weighted by Gasteiger charge is -2.07. The van der Waals surface area contributed by atoms with Crippen LogP contribution in [0.2, 0.25) is 5.02 Å². The van der Waals surface area contributed by atoms with Crippen LogP contribution in [0.1, 0.15) is 5.56 Å². The number of halogens is 1. The molecular formula is C15H12ClN3. The van der Waals surface area contributed by atoms with Gasteiger partial charge in [0.15, 0.2) is 0 Å². The number of anilines is 1. The SMILES string of the molecule is Clc1ccccc1CNc1ncc2ccccc2n1. The molecule has 0 bridgehead atoms. The third kappa shape index (κ3) is 2.66. The third-order valence-corrected chi connectivity index (χ3v) is 3.25. The quantitative estimate of drug-likeness (QED) is 0.784. The van der Waals surface area contributed by atoms with Crippen LogP contribution in [0.4, 0.5) is 5.95 Å². The molecule has 0 saturated heterocycles. The predicted molar refractivity (Wildman–Crippen MR) is 78.3 cm³/mol. The fourth-order valence-electron chi connectivity index (χ4n) is 1.87. The van der Waals surface area contributed by atoms with Crippen molar-refractivity contribution in [2.75, 3.05) is 5.32 Å². The number of hydrogen-bond donors (Lipinski definition) is 1. The fourth-order valence-corrected chi connectivity index (χ4v) is 2.08. The van der Waals surface area contributed by atoms with Crippen molar-refractivity contribution in [3.8, 4) is 0 Å². The van der Waals surface area contributed by atoms with Gasteiger partial charge in [-0.2, -0.15) is 0 Å². The first-order chi connectivity index (χ1) is 9.33. The Kier molecular flexibility index (Phi) is 3.29. The molecule has 0 radical (unpaired) electrons. The second-order valence-corrected chi connectivity index (χ2v) is 4.60. The average Bonchev–Trinajstić information content (AvgIpc) is 2.46. The van der Waals surface area contributed by atoms with Gasteiger partial charge in [0.1, 0.15) is 0 Å². The van der Waals surface area contributed by atoms with Crippen LogP contribution in [-0.2, 0) is 6.54 Å². The predicted octanol–water partition coefficient (Wildman–Crippen LogP) is 3.90. The Labute approximate surface area is 116 Å². The van der Waals surface area contributed by atoms with Crippen LogP contribution in [0, 0.1) is 0 Å². The van der Waals surface area contributed by atoms with E-state index in [9.17, 15) is 0 Å². The molecule has 2 aromatic carbocycles. The number of hydrogen-bond acceptors (Lipinski definition) is 3. The highest BCUT2D eigenvalue weighted by Crippen LogP contribution is 2.17. The van der Waals surface area contributed by atoms with Crippen molar-refractivity contribution in [2.24, 2.45) is 0 Å². The number of benzene rings is 2. The van der Waals surface area contributed by atoms with Crippen molar-refractivity contribution in [3.63, 3.8) is 0 Å². The Hall–Kier alpha value is -2.13. The van der Waals surface area contributed by atoms with E-state index in [2.05, 4.69) is 15.3 Å². The number of aromatic nitrogens is 2. The average molecular weight is 270 g/mol. The molecule has 0 aliphatic carbocycles. The van der Waals surface area contributed by atoms with E-state index in [0.29, 0.717) is 12.5 Å². The molecule has 1 N–H and O–H groups in total. The maximum absolute atomic E-state index is 6.10. The summed E-state index contributed by atoms with van der Waals surface area (Å²) in [6.45, 7) is 0.609. The first-order valence-corrected chi connectivity index (χ1v) is 6.40. The van der Waals surface area contributed by atoms with E-state index in [0.717, 1.165) is 21.5 Å². The first kappa shape index (κ1) is 11.9. The van der Waals surface area contributed by atoms with E-state index in [1.807, 2.05) is 54.7 Å². The van der Waals surface area contributed by atoms with Gasteiger partial charge in [0, 0.05) is 23.2 Å². The van der Waals surface area contributed by atoms with E-state index in [1.165, 1.54) is 0 Å². The van der Waals surface area contributed by atoms with Crippen molar-refractivity contribution in [2.45, 2.75) is 6.54 Å². The third-order valence-electron chi connectivity index (χ3n) is 2.88. The summed E-state index contributed by atoms with van der Waals surface area (Å²) in [5, 5.41) is 4.97. The number of rotatable bonds is 3. The molecule has 1 aromatic heterocycles. The van der Waals surface area contributed by atoms with Crippen molar-refractivity contribution in [1.29, 1.82) is 0 Å². The molecule has 0 atom stereocenters. The van der Waals surface area contributed by atoms with Gasteiger partial charge < -0.3 is 5.32 Å². The summed E-state index contributed by atoms with van der Waals surface area (Å²) < 4.78 is 0. The van der Waals surface area contributed by atoms with Gasteiger partial charge in [-0.3, -0.25) is 0 Å². The zero-order chi connectivity index (χ0) is 13.1. The second kappa shape index (κ2) is 5.24. The standard InChI is InChI=1S/C15H12ClN3/c16-13-7-3-1-5-11(13)9-17-15-18-10-12-6-2-4-8-14(12)19-15/h1-8,10H,9H2,(H,17,18,19). The number of nitrogens with zero attached hydrogens (tertiary/aromatic N) is 2. The second-order valence-electron chi connectivity index (χ2n) is 4.20. The summed E-state index contributed by atoms with van der Waals surface area (Å²) in [5.74, 6) is 0.610. The van der Waals surface area contributed by atoms with Crippen molar-refractivity contribution in [1.82, 2.24) is 9.97 Å². The summed E-state index contributed by atoms with van der Waals surface area (Å²) in [6, 6.07) is 15.6. The van der Waals surface area contributed by atoms with E-state index in [-0.39, 0.29) is 0 Å². The van der Waals surface area contributed by atoms with Gasteiger partial charge in [0.2, 0.25) is 5.95 Å². The van der Waals surface area contributed by atoms with E-state index < -0.39 is 0 Å². The summed E-state index contributed by atoms with van der Waals surface area (Å²) in [5.41, 5.74) is 1.96. The summed E-state index contributed by atoms with van der Waals surface area (Å²) >= 11 is 6.10. The molecule has 0 saturated carbocycles. The molecular weight excluding hydrogens is 258 g/mol. The Bertz CT molecular complexity index is 712. The van der Waals surface area contributed by atoms with Gasteiger partial charge in [0.05, 0.1) is 5.52 Å². The molecule has 1 heterocycles. The zero-order valence-electron chi connectivity index (χ0n) is 10.2. The Morgan fingerprint density at radius 2 is 1.79 bits per heavy atom. The summed E-state index contributed by atoms with van der Waals surface area (Å²) in [7, 11) is 0. The maximum Gasteiger partial charge on any atom is 0.223 e. The highest BCUT2D eigenvalue weighted by Gasteiger charge is 2.01. The van der Waals surface area contributed by atoms with Gasteiger partial charge in [-0.1, -0.05) is 48.0 Å². The maximum atomic E-state index is 6.10. The highest BCUT2D eigenvalue weighted by molar-refractivity contribution is 6.31. The minimum absolute atomic E-state index is 0.609. The van der Waals surface area contributed by atoms with E-state index in [1.54, 1.807) is 0 Å². The molecule has 0 aliphatic heterocycles. The van der Waals surface area contributed by atoms with E-state index >= 15 is 0 Å². The fraction of sp³-hybridized carbons (Fsp3) is 0.0667. The van der Waals surface area contributed by atoms with Crippen LogP contribution >= 0.6 is 11.6 Å². The van der Waals surface area contributed by atoms with Crippen LogP contribution < -0.4 is 5.32 Å². The van der Waals surface area contributed by atoms with Crippen LogP contribution in [-0.4, -0.2) is 9.97 Å². The summed E-state index contributed by atoms with van der Waals surface area (Å²) in [4.78, 5) is 8.74. The number of nitrogens with one attached hydrogen (secondary N) is 1. The Morgan fingerprint density at radius 1 is 1.00 bits per heavy atom. The lowest BCUT2D eigenvalue weighted by Crippen LogP contribution is -2.03. The highest BCUT2D eigenvalue weighted by atomic mass is 35.5. The lowest BCUT2D eigenvalue weighted by molar-refractivity contribution is 1.07. The van der Waals surface area contributed by atoms with Gasteiger partial charge in [-0.05, 0) is 17.7 Å². The molecule has 0 amide bonds. The molecule has 0 fully saturated rings. The number of para-hydroxylation sites is 1. The molecule has 19 heavy (non-hydrogen) atoms.